The van der Waals surface area contributed by atoms with Crippen LogP contribution >= 0.6 is 0 Å². The van der Waals surface area contributed by atoms with Gasteiger partial charge >= 0.3 is 0 Å². The zero-order chi connectivity index (χ0) is 8.65. The summed E-state index contributed by atoms with van der Waals surface area (Å²) in [6.45, 7) is 2.15. The quantitative estimate of drug-likeness (QED) is 0.586. The molecule has 1 aliphatic rings. The number of nitrogens with zero attached hydrogens (tertiary/aromatic N) is 3. The molecule has 5 nitrogen and oxygen atoms in total. The van der Waals surface area contributed by atoms with E-state index in [-0.39, 0.29) is 0 Å². The summed E-state index contributed by atoms with van der Waals surface area (Å²) >= 11 is 0. The molecular weight excluding hydrogens is 154 g/mol. The Labute approximate surface area is 70.6 Å². The molecule has 0 fully saturated rings. The largest absolute Gasteiger partial charge is 0.368 e. The summed E-state index contributed by atoms with van der Waals surface area (Å²) in [5.41, 5.74) is 0. The van der Waals surface area contributed by atoms with Crippen molar-refractivity contribution in [2.45, 2.75) is 6.92 Å². The number of hydrogen-bond donors (Lipinski definition) is 2. The molecule has 2 heterocycles. The summed E-state index contributed by atoms with van der Waals surface area (Å²) < 4.78 is 0. The van der Waals surface area contributed by atoms with Crippen LogP contribution in [0.5, 0.6) is 0 Å². The molecule has 1 aromatic rings. The highest BCUT2D eigenvalue weighted by molar-refractivity contribution is 5.04. The third-order valence-electron chi connectivity index (χ3n) is 1.26. The summed E-state index contributed by atoms with van der Waals surface area (Å²) in [6.07, 6.45) is 9.45. The van der Waals surface area contributed by atoms with Gasteiger partial charge in [-0.2, -0.15) is 5.21 Å². The second kappa shape index (κ2) is 5.06. The smallest absolute Gasteiger partial charge is 0.161 e. The zero-order valence-electron chi connectivity index (χ0n) is 6.81. The van der Waals surface area contributed by atoms with Crippen LogP contribution in [-0.4, -0.2) is 20.6 Å². The van der Waals surface area contributed by atoms with Crippen molar-refractivity contribution in [3.63, 3.8) is 0 Å². The first-order valence-electron chi connectivity index (χ1n) is 3.65. The molecule has 0 saturated carbocycles. The molecule has 2 N–H and O–H groups in total. The summed E-state index contributed by atoms with van der Waals surface area (Å²) in [6, 6.07) is 0. The predicted octanol–water partition coefficient (Wildman–Crippen LogP) is 0.453. The van der Waals surface area contributed by atoms with Crippen molar-refractivity contribution in [3.8, 4) is 0 Å². The number of hydrogen-bond acceptors (Lipinski definition) is 4. The van der Waals surface area contributed by atoms with Crippen molar-refractivity contribution in [3.05, 3.63) is 30.9 Å². The van der Waals surface area contributed by atoms with Crippen LogP contribution in [0.4, 0.5) is 0 Å². The van der Waals surface area contributed by atoms with E-state index in [0.29, 0.717) is 5.92 Å². The van der Waals surface area contributed by atoms with E-state index in [2.05, 4.69) is 45.0 Å². The lowest BCUT2D eigenvalue weighted by molar-refractivity contribution is 0.881. The molecule has 0 radical (unpaired) electrons. The molecule has 0 unspecified atom stereocenters. The molecule has 1 aliphatic heterocycles. The van der Waals surface area contributed by atoms with Crippen LogP contribution in [0.2, 0.25) is 0 Å². The van der Waals surface area contributed by atoms with Gasteiger partial charge in [0.25, 0.3) is 0 Å². The van der Waals surface area contributed by atoms with Gasteiger partial charge in [-0.3, -0.25) is 0 Å². The first-order valence-corrected chi connectivity index (χ1v) is 3.65. The third-order valence-corrected chi connectivity index (χ3v) is 1.26. The fourth-order valence-electron chi connectivity index (χ4n) is 0.663. The zero-order valence-corrected chi connectivity index (χ0v) is 6.81. The van der Waals surface area contributed by atoms with Crippen LogP contribution in [-0.2, 0) is 0 Å². The summed E-state index contributed by atoms with van der Waals surface area (Å²) in [4.78, 5) is 0. The molecule has 0 atom stereocenters. The third kappa shape index (κ3) is 3.50. The number of allylic oxidation sites excluding steroid dienone is 2. The monoisotopic (exact) mass is 165 g/mol. The Bertz CT molecular complexity index is 209. The van der Waals surface area contributed by atoms with Crippen LogP contribution in [0, 0.1) is 5.92 Å². The van der Waals surface area contributed by atoms with Crippen molar-refractivity contribution in [2.75, 3.05) is 0 Å². The Morgan fingerprint density at radius 2 is 2.00 bits per heavy atom. The number of aromatic amines is 1. The average molecular weight is 165 g/mol. The Balaban J connectivity index is 0.000000127. The highest BCUT2D eigenvalue weighted by atomic mass is 15.5. The highest BCUT2D eigenvalue weighted by Gasteiger charge is 1.89. The molecule has 12 heavy (non-hydrogen) atoms. The first kappa shape index (κ1) is 8.45. The van der Waals surface area contributed by atoms with E-state index in [1.807, 2.05) is 12.4 Å². The molecule has 1 aromatic heterocycles. The van der Waals surface area contributed by atoms with E-state index >= 15 is 0 Å². The molecule has 5 heteroatoms. The number of tetrazole rings is 1. The maximum Gasteiger partial charge on any atom is 0.161 e. The molecule has 0 aromatic carbocycles. The van der Waals surface area contributed by atoms with Gasteiger partial charge in [-0.25, -0.2) is 0 Å². The van der Waals surface area contributed by atoms with Gasteiger partial charge in [-0.1, -0.05) is 24.3 Å². The Morgan fingerprint density at radius 1 is 1.25 bits per heavy atom. The van der Waals surface area contributed by atoms with Gasteiger partial charge in [0, 0.05) is 0 Å². The van der Waals surface area contributed by atoms with Gasteiger partial charge < -0.3 is 5.32 Å². The SMILES string of the molecule is CC1C=CNC=C1.c1nn[nH]n1. The highest BCUT2D eigenvalue weighted by Crippen LogP contribution is 1.99. The summed E-state index contributed by atoms with van der Waals surface area (Å²) in [5, 5.41) is 15.1. The Morgan fingerprint density at radius 3 is 2.25 bits per heavy atom. The minimum Gasteiger partial charge on any atom is -0.368 e. The Kier molecular flexibility index (Phi) is 3.56. The van der Waals surface area contributed by atoms with Crippen LogP contribution in [0.25, 0.3) is 0 Å². The number of nitrogens with one attached hydrogen (secondary N) is 2. The second-order valence-electron chi connectivity index (χ2n) is 2.30. The average Bonchev–Trinajstić information content (AvgIpc) is 2.62. The number of rotatable bonds is 0. The fourth-order valence-corrected chi connectivity index (χ4v) is 0.663. The predicted molar refractivity (Wildman–Crippen MR) is 44.8 cm³/mol. The molecule has 0 saturated heterocycles. The lowest BCUT2D eigenvalue weighted by Gasteiger charge is -2.02. The van der Waals surface area contributed by atoms with Gasteiger partial charge in [-0.15, -0.1) is 10.2 Å². The van der Waals surface area contributed by atoms with Crippen molar-refractivity contribution >= 4 is 0 Å². The van der Waals surface area contributed by atoms with Crippen LogP contribution in [0.1, 0.15) is 6.92 Å². The van der Waals surface area contributed by atoms with E-state index in [9.17, 15) is 0 Å². The van der Waals surface area contributed by atoms with Crippen molar-refractivity contribution < 1.29 is 0 Å². The van der Waals surface area contributed by atoms with E-state index < -0.39 is 0 Å². The van der Waals surface area contributed by atoms with Gasteiger partial charge in [0.1, 0.15) is 0 Å². The molecule has 64 valence electrons. The molecular formula is C7H11N5. The maximum absolute atomic E-state index is 3.38. The van der Waals surface area contributed by atoms with Crippen molar-refractivity contribution in [2.24, 2.45) is 5.92 Å². The molecule has 0 spiro atoms. The van der Waals surface area contributed by atoms with Gasteiger partial charge in [0.15, 0.2) is 6.33 Å². The number of H-pyrrole nitrogens is 1. The Hall–Kier alpha value is -1.65. The summed E-state index contributed by atoms with van der Waals surface area (Å²) in [5.74, 6) is 0.612. The van der Waals surface area contributed by atoms with Gasteiger partial charge in [-0.05, 0) is 18.3 Å². The topological polar surface area (TPSA) is 66.5 Å². The van der Waals surface area contributed by atoms with Crippen LogP contribution in [0.3, 0.4) is 0 Å². The van der Waals surface area contributed by atoms with Gasteiger partial charge in [0.05, 0.1) is 0 Å². The lowest BCUT2D eigenvalue weighted by atomic mass is 10.1. The molecule has 0 amide bonds. The number of dihydropyridines is 1. The minimum absolute atomic E-state index is 0.612. The second-order valence-corrected chi connectivity index (χ2v) is 2.30. The van der Waals surface area contributed by atoms with E-state index in [1.165, 1.54) is 6.33 Å². The number of aromatic nitrogens is 4. The van der Waals surface area contributed by atoms with E-state index in [4.69, 9.17) is 0 Å². The van der Waals surface area contributed by atoms with Gasteiger partial charge in [0.2, 0.25) is 0 Å². The van der Waals surface area contributed by atoms with E-state index in [1.54, 1.807) is 0 Å². The first-order chi connectivity index (χ1) is 5.89. The summed E-state index contributed by atoms with van der Waals surface area (Å²) in [7, 11) is 0. The van der Waals surface area contributed by atoms with E-state index in [0.717, 1.165) is 0 Å². The lowest BCUT2D eigenvalue weighted by Crippen LogP contribution is -1.99. The molecule has 2 rings (SSSR count). The van der Waals surface area contributed by atoms with Crippen molar-refractivity contribution in [1.82, 2.24) is 25.9 Å². The molecule has 0 bridgehead atoms. The van der Waals surface area contributed by atoms with Crippen LogP contribution < -0.4 is 5.32 Å². The molecule has 0 aliphatic carbocycles. The normalized spacial score (nSPS) is 14.8. The maximum atomic E-state index is 3.38. The van der Waals surface area contributed by atoms with Crippen LogP contribution in [0.15, 0.2) is 30.9 Å². The minimum atomic E-state index is 0.612. The standard InChI is InChI=1S/C6H9N.CH2N4/c1-6-2-4-7-5-3-6;1-2-4-5-3-1/h2-7H,1H3;1H,(H,2,3,4,5). The fraction of sp³-hybridized carbons (Fsp3) is 0.286. The van der Waals surface area contributed by atoms with Crippen molar-refractivity contribution in [1.29, 1.82) is 0 Å².